The number of hydrogen-bond donors (Lipinski definition) is 1. The molecule has 1 atom stereocenters. The fourth-order valence-electron chi connectivity index (χ4n) is 2.02. The second-order valence-electron chi connectivity index (χ2n) is 5.13. The van der Waals surface area contributed by atoms with E-state index in [1.165, 1.54) is 0 Å². The number of unbranched alkanes of at least 4 members (excludes halogenated alkanes) is 2. The first-order valence-electron chi connectivity index (χ1n) is 7.66. The van der Waals surface area contributed by atoms with Crippen LogP contribution >= 0.6 is 0 Å². The quantitative estimate of drug-likeness (QED) is 0.532. The standard InChI is InChI=1S/C17H26O4/c1-3-20-17(19)14(2)13-15-7-9-16(10-8-15)21-12-6-4-5-11-18/h7-10,14,18H,3-6,11-13H2,1-2H3/t14-/m0/s1. The van der Waals surface area contributed by atoms with Crippen LogP contribution in [0.5, 0.6) is 5.75 Å². The summed E-state index contributed by atoms with van der Waals surface area (Å²) in [5.74, 6) is 0.559. The molecule has 1 aromatic rings. The number of rotatable bonds is 10. The van der Waals surface area contributed by atoms with E-state index in [0.29, 0.717) is 19.6 Å². The molecule has 0 saturated carbocycles. The van der Waals surface area contributed by atoms with E-state index >= 15 is 0 Å². The van der Waals surface area contributed by atoms with Gasteiger partial charge in [-0.05, 0) is 50.3 Å². The highest BCUT2D eigenvalue weighted by molar-refractivity contribution is 5.72. The summed E-state index contributed by atoms with van der Waals surface area (Å²) < 4.78 is 10.6. The average Bonchev–Trinajstić information content (AvgIpc) is 2.49. The van der Waals surface area contributed by atoms with Crippen LogP contribution in [-0.2, 0) is 16.0 Å². The molecule has 1 aromatic carbocycles. The van der Waals surface area contributed by atoms with Gasteiger partial charge in [-0.15, -0.1) is 0 Å². The van der Waals surface area contributed by atoms with E-state index in [4.69, 9.17) is 14.6 Å². The van der Waals surface area contributed by atoms with Crippen LogP contribution in [0.15, 0.2) is 24.3 Å². The van der Waals surface area contributed by atoms with Crippen molar-refractivity contribution in [3.8, 4) is 5.75 Å². The Balaban J connectivity index is 2.34. The minimum Gasteiger partial charge on any atom is -0.494 e. The van der Waals surface area contributed by atoms with Crippen molar-refractivity contribution >= 4 is 5.97 Å². The SMILES string of the molecule is CCOC(=O)[C@@H](C)Cc1ccc(OCCCCCO)cc1. The maximum absolute atomic E-state index is 11.6. The highest BCUT2D eigenvalue weighted by atomic mass is 16.5. The van der Waals surface area contributed by atoms with Gasteiger partial charge in [-0.25, -0.2) is 0 Å². The molecule has 4 heteroatoms. The molecule has 118 valence electrons. The molecule has 0 aliphatic rings. The molecule has 0 saturated heterocycles. The molecule has 0 aliphatic carbocycles. The lowest BCUT2D eigenvalue weighted by Gasteiger charge is -2.11. The number of hydrogen-bond acceptors (Lipinski definition) is 4. The lowest BCUT2D eigenvalue weighted by Crippen LogP contribution is -2.16. The lowest BCUT2D eigenvalue weighted by molar-refractivity contribution is -0.147. The van der Waals surface area contributed by atoms with E-state index in [0.717, 1.165) is 30.6 Å². The summed E-state index contributed by atoms with van der Waals surface area (Å²) in [5.41, 5.74) is 1.10. The van der Waals surface area contributed by atoms with Crippen LogP contribution in [-0.4, -0.2) is 30.9 Å². The zero-order valence-electron chi connectivity index (χ0n) is 13.0. The van der Waals surface area contributed by atoms with Gasteiger partial charge in [0.05, 0.1) is 19.1 Å². The zero-order valence-corrected chi connectivity index (χ0v) is 13.0. The predicted molar refractivity (Wildman–Crippen MR) is 82.4 cm³/mol. The largest absolute Gasteiger partial charge is 0.494 e. The Hall–Kier alpha value is -1.55. The Morgan fingerprint density at radius 1 is 1.19 bits per heavy atom. The molecule has 0 bridgehead atoms. The monoisotopic (exact) mass is 294 g/mol. The van der Waals surface area contributed by atoms with Crippen molar-refractivity contribution in [1.82, 2.24) is 0 Å². The Labute approximate surface area is 127 Å². The zero-order chi connectivity index (χ0) is 15.5. The van der Waals surface area contributed by atoms with Crippen molar-refractivity contribution in [3.63, 3.8) is 0 Å². The number of esters is 1. The van der Waals surface area contributed by atoms with Gasteiger partial charge in [0.25, 0.3) is 0 Å². The van der Waals surface area contributed by atoms with Crippen LogP contribution in [0.25, 0.3) is 0 Å². The minimum absolute atomic E-state index is 0.129. The fraction of sp³-hybridized carbons (Fsp3) is 0.588. The molecule has 0 amide bonds. The molecule has 4 nitrogen and oxygen atoms in total. The van der Waals surface area contributed by atoms with Crippen molar-refractivity contribution in [2.24, 2.45) is 5.92 Å². The smallest absolute Gasteiger partial charge is 0.308 e. The summed E-state index contributed by atoms with van der Waals surface area (Å²) in [7, 11) is 0. The summed E-state index contributed by atoms with van der Waals surface area (Å²) in [6.07, 6.45) is 3.43. The summed E-state index contributed by atoms with van der Waals surface area (Å²) in [4.78, 5) is 11.6. The van der Waals surface area contributed by atoms with Crippen LogP contribution in [0.1, 0.15) is 38.7 Å². The van der Waals surface area contributed by atoms with Crippen molar-refractivity contribution < 1.29 is 19.4 Å². The highest BCUT2D eigenvalue weighted by Gasteiger charge is 2.14. The third-order valence-electron chi connectivity index (χ3n) is 3.23. The second kappa shape index (κ2) is 10.2. The van der Waals surface area contributed by atoms with Crippen LogP contribution in [0.2, 0.25) is 0 Å². The number of carbonyl (C=O) groups is 1. The van der Waals surface area contributed by atoms with Gasteiger partial charge in [0.1, 0.15) is 5.75 Å². The molecule has 21 heavy (non-hydrogen) atoms. The van der Waals surface area contributed by atoms with E-state index in [1.807, 2.05) is 38.1 Å². The first-order chi connectivity index (χ1) is 10.2. The lowest BCUT2D eigenvalue weighted by atomic mass is 10.0. The van der Waals surface area contributed by atoms with Crippen molar-refractivity contribution in [2.45, 2.75) is 39.5 Å². The fourth-order valence-corrected chi connectivity index (χ4v) is 2.02. The van der Waals surface area contributed by atoms with Crippen LogP contribution in [0, 0.1) is 5.92 Å². The number of carbonyl (C=O) groups excluding carboxylic acids is 1. The van der Waals surface area contributed by atoms with Gasteiger partial charge in [-0.3, -0.25) is 4.79 Å². The third-order valence-corrected chi connectivity index (χ3v) is 3.23. The van der Waals surface area contributed by atoms with Gasteiger partial charge in [-0.2, -0.15) is 0 Å². The maximum atomic E-state index is 11.6. The Bertz CT molecular complexity index is 400. The number of ether oxygens (including phenoxy) is 2. The predicted octanol–water partition coefficient (Wildman–Crippen LogP) is 2.97. The van der Waals surface area contributed by atoms with E-state index in [9.17, 15) is 4.79 Å². The molecular formula is C17H26O4. The summed E-state index contributed by atoms with van der Waals surface area (Å²) in [6.45, 7) is 5.03. The van der Waals surface area contributed by atoms with E-state index < -0.39 is 0 Å². The second-order valence-corrected chi connectivity index (χ2v) is 5.13. The maximum Gasteiger partial charge on any atom is 0.308 e. The van der Waals surface area contributed by atoms with Crippen LogP contribution in [0.3, 0.4) is 0 Å². The van der Waals surface area contributed by atoms with E-state index in [1.54, 1.807) is 0 Å². The van der Waals surface area contributed by atoms with Crippen molar-refractivity contribution in [1.29, 1.82) is 0 Å². The van der Waals surface area contributed by atoms with Gasteiger partial charge in [-0.1, -0.05) is 19.1 Å². The topological polar surface area (TPSA) is 55.8 Å². The molecule has 0 fully saturated rings. The van der Waals surface area contributed by atoms with E-state index in [2.05, 4.69) is 0 Å². The molecule has 1 rings (SSSR count). The molecule has 0 aromatic heterocycles. The Morgan fingerprint density at radius 2 is 1.90 bits per heavy atom. The molecule has 0 heterocycles. The van der Waals surface area contributed by atoms with Gasteiger partial charge >= 0.3 is 5.97 Å². The summed E-state index contributed by atoms with van der Waals surface area (Å²) in [6, 6.07) is 7.83. The van der Waals surface area contributed by atoms with Crippen molar-refractivity contribution in [3.05, 3.63) is 29.8 Å². The number of aliphatic hydroxyl groups is 1. The molecule has 0 spiro atoms. The first-order valence-corrected chi connectivity index (χ1v) is 7.66. The Morgan fingerprint density at radius 3 is 2.52 bits per heavy atom. The van der Waals surface area contributed by atoms with E-state index in [-0.39, 0.29) is 18.5 Å². The Kier molecular flexibility index (Phi) is 8.51. The van der Waals surface area contributed by atoms with Crippen LogP contribution < -0.4 is 4.74 Å². The number of aliphatic hydroxyl groups excluding tert-OH is 1. The number of benzene rings is 1. The summed E-state index contributed by atoms with van der Waals surface area (Å²) >= 11 is 0. The normalized spacial score (nSPS) is 12.0. The molecule has 0 aliphatic heterocycles. The van der Waals surface area contributed by atoms with Gasteiger partial charge in [0, 0.05) is 6.61 Å². The molecule has 0 radical (unpaired) electrons. The highest BCUT2D eigenvalue weighted by Crippen LogP contribution is 2.16. The summed E-state index contributed by atoms with van der Waals surface area (Å²) in [5, 5.41) is 8.68. The van der Waals surface area contributed by atoms with Crippen LogP contribution in [0.4, 0.5) is 0 Å². The molecular weight excluding hydrogens is 268 g/mol. The van der Waals surface area contributed by atoms with Gasteiger partial charge < -0.3 is 14.6 Å². The minimum atomic E-state index is -0.151. The van der Waals surface area contributed by atoms with Crippen molar-refractivity contribution in [2.75, 3.05) is 19.8 Å². The van der Waals surface area contributed by atoms with Gasteiger partial charge in [0.15, 0.2) is 0 Å². The molecule has 0 unspecified atom stereocenters. The third kappa shape index (κ3) is 7.14. The average molecular weight is 294 g/mol. The first kappa shape index (κ1) is 17.5. The molecule has 1 N–H and O–H groups in total. The van der Waals surface area contributed by atoms with Gasteiger partial charge in [0.2, 0.25) is 0 Å².